The largest absolute Gasteiger partial charge is 0.445 e. The topological polar surface area (TPSA) is 118 Å². The van der Waals surface area contributed by atoms with Gasteiger partial charge in [-0.15, -0.1) is 0 Å². The number of aromatic amines is 1. The summed E-state index contributed by atoms with van der Waals surface area (Å²) in [6.45, 7) is 1.99. The smallest absolute Gasteiger partial charge is 0.434 e. The number of halogens is 3. The summed E-state index contributed by atoms with van der Waals surface area (Å²) in [5, 5.41) is 10.2. The van der Waals surface area contributed by atoms with Crippen molar-refractivity contribution in [2.75, 3.05) is 24.6 Å². The van der Waals surface area contributed by atoms with Gasteiger partial charge in [0, 0.05) is 30.8 Å². The van der Waals surface area contributed by atoms with Crippen LogP contribution in [-0.4, -0.2) is 62.6 Å². The molecule has 2 fully saturated rings. The zero-order valence-electron chi connectivity index (χ0n) is 21.7. The van der Waals surface area contributed by atoms with E-state index in [0.717, 1.165) is 23.5 Å². The summed E-state index contributed by atoms with van der Waals surface area (Å²) < 4.78 is 51.7. The van der Waals surface area contributed by atoms with Crippen LogP contribution in [0.1, 0.15) is 30.5 Å². The Hall–Kier alpha value is -3.91. The van der Waals surface area contributed by atoms with Crippen molar-refractivity contribution in [3.63, 3.8) is 0 Å². The maximum atomic E-state index is 13.4. The molecule has 1 amide bonds. The number of carbonyl (C=O) groups is 1. The Balaban J connectivity index is 1.09. The Labute approximate surface area is 237 Å². The molecule has 14 heteroatoms. The summed E-state index contributed by atoms with van der Waals surface area (Å²) >= 11 is 0.836. The van der Waals surface area contributed by atoms with E-state index in [-0.39, 0.29) is 22.6 Å². The first-order valence-corrected chi connectivity index (χ1v) is 13.9. The van der Waals surface area contributed by atoms with E-state index >= 15 is 0 Å². The number of nitrogens with one attached hydrogen (secondary N) is 2. The van der Waals surface area contributed by atoms with E-state index in [1.807, 2.05) is 30.3 Å². The van der Waals surface area contributed by atoms with Gasteiger partial charge in [0.2, 0.25) is 0 Å². The normalized spacial score (nSPS) is 18.6. The van der Waals surface area contributed by atoms with E-state index in [0.29, 0.717) is 55.9 Å². The molecule has 41 heavy (non-hydrogen) atoms. The van der Waals surface area contributed by atoms with Gasteiger partial charge in [0.25, 0.3) is 0 Å². The number of hydrogen-bond donors (Lipinski definition) is 2. The van der Waals surface area contributed by atoms with Crippen molar-refractivity contribution in [2.45, 2.75) is 53.6 Å². The highest BCUT2D eigenvalue weighted by Gasteiger charge is 2.47. The number of anilines is 1. The summed E-state index contributed by atoms with van der Waals surface area (Å²) in [6.07, 6.45) is -0.308. The summed E-state index contributed by atoms with van der Waals surface area (Å²) in [6, 6.07) is 12.1. The molecule has 0 radical (unpaired) electrons. The standard InChI is InChI=1S/C27H26F3N7O3S/c28-27(29,30)22-18(7-4-11-31-22)41-24-21-23(35-36-24)34-20(15-32-21)37-12-9-26(10-13-37)19(8-14-40-26)33-25(38)39-16-17-5-2-1-3-6-17/h1-7,11,15,19H,8-10,12-14,16H2,(H,33,38)(H,34,35,36). The number of alkyl halides is 3. The number of benzene rings is 1. The van der Waals surface area contributed by atoms with Crippen LogP contribution in [0.2, 0.25) is 0 Å². The molecule has 6 rings (SSSR count). The summed E-state index contributed by atoms with van der Waals surface area (Å²) in [7, 11) is 0. The molecule has 214 valence electrons. The zero-order chi connectivity index (χ0) is 28.5. The molecule has 1 atom stereocenters. The minimum atomic E-state index is -4.58. The Morgan fingerprint density at radius 2 is 1.98 bits per heavy atom. The number of nitrogens with zero attached hydrogens (tertiary/aromatic N) is 5. The molecule has 2 N–H and O–H groups in total. The summed E-state index contributed by atoms with van der Waals surface area (Å²) in [5.41, 5.74) is 0.205. The van der Waals surface area contributed by atoms with Crippen LogP contribution in [0.5, 0.6) is 0 Å². The maximum absolute atomic E-state index is 13.4. The van der Waals surface area contributed by atoms with Gasteiger partial charge in [-0.2, -0.15) is 18.3 Å². The third kappa shape index (κ3) is 5.79. The van der Waals surface area contributed by atoms with Gasteiger partial charge in [-0.05, 0) is 37.0 Å². The zero-order valence-corrected chi connectivity index (χ0v) is 22.5. The molecule has 0 aliphatic carbocycles. The van der Waals surface area contributed by atoms with Gasteiger partial charge in [-0.3, -0.25) is 10.1 Å². The lowest BCUT2D eigenvalue weighted by atomic mass is 9.84. The lowest BCUT2D eigenvalue weighted by Gasteiger charge is -2.42. The highest BCUT2D eigenvalue weighted by molar-refractivity contribution is 7.99. The number of aromatic nitrogens is 5. The van der Waals surface area contributed by atoms with Crippen LogP contribution in [0.15, 0.2) is 64.8 Å². The number of alkyl carbamates (subject to hydrolysis) is 1. The molecule has 0 saturated carbocycles. The number of carbonyl (C=O) groups excluding carboxylic acids is 1. The van der Waals surface area contributed by atoms with Crippen LogP contribution in [0.4, 0.5) is 23.8 Å². The van der Waals surface area contributed by atoms with Gasteiger partial charge >= 0.3 is 12.3 Å². The van der Waals surface area contributed by atoms with Crippen LogP contribution >= 0.6 is 11.8 Å². The number of rotatable bonds is 6. The minimum Gasteiger partial charge on any atom is -0.445 e. The average Bonchev–Trinajstić information content (AvgIpc) is 3.55. The van der Waals surface area contributed by atoms with E-state index in [1.54, 1.807) is 6.20 Å². The molecule has 2 saturated heterocycles. The Kier molecular flexibility index (Phi) is 7.43. The second-order valence-electron chi connectivity index (χ2n) is 9.85. The monoisotopic (exact) mass is 585 g/mol. The molecule has 2 aliphatic heterocycles. The average molecular weight is 586 g/mol. The van der Waals surface area contributed by atoms with Gasteiger partial charge in [0.05, 0.1) is 17.8 Å². The number of ether oxygens (including phenoxy) is 2. The molecule has 1 unspecified atom stereocenters. The van der Waals surface area contributed by atoms with Crippen molar-refractivity contribution >= 4 is 34.8 Å². The van der Waals surface area contributed by atoms with E-state index in [4.69, 9.17) is 9.47 Å². The molecule has 10 nitrogen and oxygen atoms in total. The molecule has 5 heterocycles. The Bertz CT molecular complexity index is 1530. The van der Waals surface area contributed by atoms with Crippen molar-refractivity contribution in [3.8, 4) is 0 Å². The van der Waals surface area contributed by atoms with E-state index in [2.05, 4.69) is 35.4 Å². The molecular weight excluding hydrogens is 559 g/mol. The fraction of sp³-hybridized carbons (Fsp3) is 0.370. The molecule has 3 aromatic heterocycles. The minimum absolute atomic E-state index is 0.0655. The second-order valence-corrected chi connectivity index (χ2v) is 10.9. The van der Waals surface area contributed by atoms with Crippen LogP contribution in [0.25, 0.3) is 11.2 Å². The number of piperidine rings is 1. The second kappa shape index (κ2) is 11.2. The quantitative estimate of drug-likeness (QED) is 0.323. The molecule has 2 aliphatic rings. The first-order valence-electron chi connectivity index (χ1n) is 13.1. The summed E-state index contributed by atoms with van der Waals surface area (Å²) in [5.74, 6) is 0.620. The molecule has 4 aromatic rings. The third-order valence-corrected chi connectivity index (χ3v) is 8.37. The lowest BCUT2D eigenvalue weighted by molar-refractivity contribution is -0.143. The SMILES string of the molecule is O=C(NC1CCOC12CCN(c1cnc3c(Sc4cccnc4C(F)(F)F)n[nH]c3n1)CC2)OCc1ccccc1. The summed E-state index contributed by atoms with van der Waals surface area (Å²) in [4.78, 5) is 27.1. The van der Waals surface area contributed by atoms with Gasteiger partial charge in [0.15, 0.2) is 16.4 Å². The number of pyridine rings is 1. The van der Waals surface area contributed by atoms with Gasteiger partial charge in [-0.1, -0.05) is 42.1 Å². The number of fused-ring (bicyclic) bond motifs is 1. The van der Waals surface area contributed by atoms with Gasteiger partial charge in [0.1, 0.15) is 17.9 Å². The maximum Gasteiger partial charge on any atom is 0.434 e. The third-order valence-electron chi connectivity index (χ3n) is 7.34. The highest BCUT2D eigenvalue weighted by Crippen LogP contribution is 2.40. The predicted octanol–water partition coefficient (Wildman–Crippen LogP) is 4.97. The predicted molar refractivity (Wildman–Crippen MR) is 143 cm³/mol. The van der Waals surface area contributed by atoms with E-state index in [1.165, 1.54) is 12.1 Å². The van der Waals surface area contributed by atoms with E-state index in [9.17, 15) is 18.0 Å². The van der Waals surface area contributed by atoms with Crippen LogP contribution < -0.4 is 10.2 Å². The van der Waals surface area contributed by atoms with Gasteiger partial charge in [-0.25, -0.2) is 14.8 Å². The van der Waals surface area contributed by atoms with Crippen molar-refractivity contribution in [2.24, 2.45) is 0 Å². The number of amides is 1. The van der Waals surface area contributed by atoms with Crippen molar-refractivity contribution in [1.29, 1.82) is 0 Å². The number of H-pyrrole nitrogens is 1. The fourth-order valence-electron chi connectivity index (χ4n) is 5.25. The number of hydrogen-bond acceptors (Lipinski definition) is 9. The molecule has 1 spiro atoms. The first-order chi connectivity index (χ1) is 19.8. The van der Waals surface area contributed by atoms with Crippen molar-refractivity contribution < 1.29 is 27.4 Å². The van der Waals surface area contributed by atoms with E-state index < -0.39 is 23.6 Å². The molecule has 1 aromatic carbocycles. The Morgan fingerprint density at radius 3 is 2.76 bits per heavy atom. The Morgan fingerprint density at radius 1 is 1.17 bits per heavy atom. The fourth-order valence-corrected chi connectivity index (χ4v) is 6.20. The molecular formula is C27H26F3N7O3S. The molecule has 0 bridgehead atoms. The first kappa shape index (κ1) is 27.3. The lowest BCUT2D eigenvalue weighted by Crippen LogP contribution is -2.55. The van der Waals surface area contributed by atoms with Crippen LogP contribution in [-0.2, 0) is 22.3 Å². The van der Waals surface area contributed by atoms with Crippen molar-refractivity contribution in [1.82, 2.24) is 30.5 Å². The van der Waals surface area contributed by atoms with Crippen LogP contribution in [0.3, 0.4) is 0 Å². The van der Waals surface area contributed by atoms with Gasteiger partial charge < -0.3 is 19.7 Å². The van der Waals surface area contributed by atoms with Crippen LogP contribution in [0, 0.1) is 0 Å². The van der Waals surface area contributed by atoms with Crippen molar-refractivity contribution in [3.05, 3.63) is 66.1 Å². The highest BCUT2D eigenvalue weighted by atomic mass is 32.2.